The number of pyridine rings is 1. The van der Waals surface area contributed by atoms with Crippen molar-refractivity contribution < 1.29 is 9.53 Å². The van der Waals surface area contributed by atoms with E-state index in [1.807, 2.05) is 13.0 Å². The van der Waals surface area contributed by atoms with Gasteiger partial charge in [-0.2, -0.15) is 0 Å². The predicted molar refractivity (Wildman–Crippen MR) is 75.3 cm³/mol. The average Bonchev–Trinajstić information content (AvgIpc) is 2.81. The van der Waals surface area contributed by atoms with E-state index in [0.29, 0.717) is 11.3 Å². The highest BCUT2D eigenvalue weighted by Crippen LogP contribution is 2.30. The maximum atomic E-state index is 11.5. The quantitative estimate of drug-likeness (QED) is 0.847. The molecule has 0 aromatic carbocycles. The first-order valence-electron chi connectivity index (χ1n) is 6.90. The highest BCUT2D eigenvalue weighted by molar-refractivity contribution is 5.90. The van der Waals surface area contributed by atoms with Crippen LogP contribution in [-0.4, -0.2) is 24.6 Å². The number of aromatic nitrogens is 1. The lowest BCUT2D eigenvalue weighted by Crippen LogP contribution is -2.13. The number of carbonyl (C=O) groups is 1. The minimum Gasteiger partial charge on any atom is -0.465 e. The molecule has 1 heterocycles. The second-order valence-electron chi connectivity index (χ2n) is 5.49. The number of ether oxygens (including phenoxy) is 1. The summed E-state index contributed by atoms with van der Waals surface area (Å²) < 4.78 is 4.71. The Kier molecular flexibility index (Phi) is 4.40. The fourth-order valence-corrected chi connectivity index (χ4v) is 2.74. The van der Waals surface area contributed by atoms with Crippen molar-refractivity contribution in [2.24, 2.45) is 11.8 Å². The van der Waals surface area contributed by atoms with E-state index in [1.54, 1.807) is 6.07 Å². The van der Waals surface area contributed by atoms with Crippen LogP contribution in [0.25, 0.3) is 0 Å². The van der Waals surface area contributed by atoms with Gasteiger partial charge in [0.05, 0.1) is 18.4 Å². The number of methoxy groups -OCH3 is 1. The van der Waals surface area contributed by atoms with Crippen LogP contribution < -0.4 is 5.32 Å². The van der Waals surface area contributed by atoms with Crippen LogP contribution in [0.3, 0.4) is 0 Å². The summed E-state index contributed by atoms with van der Waals surface area (Å²) in [6.07, 6.45) is 3.93. The maximum Gasteiger partial charge on any atom is 0.339 e. The number of nitrogens with one attached hydrogen (secondary N) is 1. The van der Waals surface area contributed by atoms with Gasteiger partial charge in [0.25, 0.3) is 0 Å². The van der Waals surface area contributed by atoms with E-state index in [0.717, 1.165) is 24.2 Å². The lowest BCUT2D eigenvalue weighted by atomic mass is 10.1. The van der Waals surface area contributed by atoms with Crippen LogP contribution in [0, 0.1) is 18.8 Å². The van der Waals surface area contributed by atoms with Crippen molar-refractivity contribution in [3.63, 3.8) is 0 Å². The summed E-state index contributed by atoms with van der Waals surface area (Å²) in [4.78, 5) is 15.9. The van der Waals surface area contributed by atoms with Crippen LogP contribution >= 0.6 is 0 Å². The minimum atomic E-state index is -0.332. The van der Waals surface area contributed by atoms with Gasteiger partial charge in [-0.05, 0) is 43.7 Å². The molecule has 0 aliphatic heterocycles. The third kappa shape index (κ3) is 3.46. The van der Waals surface area contributed by atoms with Gasteiger partial charge in [-0.25, -0.2) is 9.78 Å². The molecule has 4 nitrogen and oxygen atoms in total. The standard InChI is InChI=1S/C15H22N2O2/c1-10-4-5-12(8-10)9-16-14-7-6-13(11(2)17-14)15(18)19-3/h6-7,10,12H,4-5,8-9H2,1-3H3,(H,16,17). The Labute approximate surface area is 114 Å². The van der Waals surface area contributed by atoms with Gasteiger partial charge in [0, 0.05) is 6.54 Å². The van der Waals surface area contributed by atoms with Gasteiger partial charge in [-0.1, -0.05) is 13.3 Å². The number of hydrogen-bond acceptors (Lipinski definition) is 4. The van der Waals surface area contributed by atoms with Crippen molar-refractivity contribution in [2.45, 2.75) is 33.1 Å². The van der Waals surface area contributed by atoms with Crippen molar-refractivity contribution in [1.82, 2.24) is 4.98 Å². The molecule has 0 saturated heterocycles. The Morgan fingerprint density at radius 2 is 2.26 bits per heavy atom. The van der Waals surface area contributed by atoms with Gasteiger partial charge >= 0.3 is 5.97 Å². The molecule has 0 bridgehead atoms. The van der Waals surface area contributed by atoms with Crippen LogP contribution in [0.1, 0.15) is 42.2 Å². The molecular formula is C15H22N2O2. The molecule has 1 aromatic rings. The number of rotatable bonds is 4. The van der Waals surface area contributed by atoms with Crippen LogP contribution in [0.5, 0.6) is 0 Å². The molecule has 1 N–H and O–H groups in total. The van der Waals surface area contributed by atoms with E-state index in [-0.39, 0.29) is 5.97 Å². The van der Waals surface area contributed by atoms with Crippen LogP contribution in [-0.2, 0) is 4.74 Å². The number of nitrogens with zero attached hydrogens (tertiary/aromatic N) is 1. The third-order valence-corrected chi connectivity index (χ3v) is 3.87. The summed E-state index contributed by atoms with van der Waals surface area (Å²) >= 11 is 0. The first kappa shape index (κ1) is 13.8. The van der Waals surface area contributed by atoms with Gasteiger partial charge < -0.3 is 10.1 Å². The molecule has 4 heteroatoms. The molecule has 104 valence electrons. The van der Waals surface area contributed by atoms with E-state index in [1.165, 1.54) is 26.4 Å². The predicted octanol–water partition coefficient (Wildman–Crippen LogP) is 3.02. The highest BCUT2D eigenvalue weighted by Gasteiger charge is 2.21. The SMILES string of the molecule is COC(=O)c1ccc(NCC2CCC(C)C2)nc1C. The molecule has 1 fully saturated rings. The first-order valence-corrected chi connectivity index (χ1v) is 6.90. The number of anilines is 1. The third-order valence-electron chi connectivity index (χ3n) is 3.87. The average molecular weight is 262 g/mol. The molecule has 2 unspecified atom stereocenters. The van der Waals surface area contributed by atoms with Crippen molar-refractivity contribution in [1.29, 1.82) is 0 Å². The van der Waals surface area contributed by atoms with Gasteiger partial charge in [0.2, 0.25) is 0 Å². The second-order valence-corrected chi connectivity index (χ2v) is 5.49. The van der Waals surface area contributed by atoms with Gasteiger partial charge in [-0.15, -0.1) is 0 Å². The Morgan fingerprint density at radius 3 is 2.84 bits per heavy atom. The molecule has 19 heavy (non-hydrogen) atoms. The van der Waals surface area contributed by atoms with Crippen LogP contribution in [0.4, 0.5) is 5.82 Å². The lowest BCUT2D eigenvalue weighted by Gasteiger charge is -2.12. The fraction of sp³-hybridized carbons (Fsp3) is 0.600. The number of esters is 1. The Morgan fingerprint density at radius 1 is 1.47 bits per heavy atom. The molecule has 0 amide bonds. The smallest absolute Gasteiger partial charge is 0.339 e. The van der Waals surface area contributed by atoms with Gasteiger partial charge in [-0.3, -0.25) is 0 Å². The van der Waals surface area contributed by atoms with Gasteiger partial charge in [0.1, 0.15) is 5.82 Å². The summed E-state index contributed by atoms with van der Waals surface area (Å²) in [6, 6.07) is 3.62. The van der Waals surface area contributed by atoms with Crippen molar-refractivity contribution >= 4 is 11.8 Å². The Hall–Kier alpha value is -1.58. The fourth-order valence-electron chi connectivity index (χ4n) is 2.74. The van der Waals surface area contributed by atoms with Crippen molar-refractivity contribution in [2.75, 3.05) is 19.0 Å². The first-order chi connectivity index (χ1) is 9.10. The summed E-state index contributed by atoms with van der Waals surface area (Å²) in [7, 11) is 1.38. The molecular weight excluding hydrogens is 240 g/mol. The Balaban J connectivity index is 1.94. The van der Waals surface area contributed by atoms with Gasteiger partial charge in [0.15, 0.2) is 0 Å². The summed E-state index contributed by atoms with van der Waals surface area (Å²) in [5.41, 5.74) is 1.24. The molecule has 1 aromatic heterocycles. The lowest BCUT2D eigenvalue weighted by molar-refractivity contribution is 0.0599. The zero-order valence-electron chi connectivity index (χ0n) is 11.9. The number of aryl methyl sites for hydroxylation is 1. The zero-order chi connectivity index (χ0) is 13.8. The topological polar surface area (TPSA) is 51.2 Å². The maximum absolute atomic E-state index is 11.5. The second kappa shape index (κ2) is 6.04. The number of carbonyl (C=O) groups excluding carboxylic acids is 1. The largest absolute Gasteiger partial charge is 0.465 e. The van der Waals surface area contributed by atoms with E-state index >= 15 is 0 Å². The van der Waals surface area contributed by atoms with E-state index in [9.17, 15) is 4.79 Å². The monoisotopic (exact) mass is 262 g/mol. The minimum absolute atomic E-state index is 0.332. The molecule has 0 radical (unpaired) electrons. The van der Waals surface area contributed by atoms with Crippen LogP contribution in [0.15, 0.2) is 12.1 Å². The molecule has 2 atom stereocenters. The summed E-state index contributed by atoms with van der Waals surface area (Å²) in [6.45, 7) is 5.11. The summed E-state index contributed by atoms with van der Waals surface area (Å²) in [5.74, 6) is 2.10. The molecule has 2 rings (SSSR count). The Bertz CT molecular complexity index is 459. The summed E-state index contributed by atoms with van der Waals surface area (Å²) in [5, 5.41) is 3.37. The normalized spacial score (nSPS) is 22.3. The molecule has 1 aliphatic carbocycles. The van der Waals surface area contributed by atoms with Crippen LogP contribution in [0.2, 0.25) is 0 Å². The van der Waals surface area contributed by atoms with E-state index in [2.05, 4.69) is 17.2 Å². The highest BCUT2D eigenvalue weighted by atomic mass is 16.5. The van der Waals surface area contributed by atoms with E-state index < -0.39 is 0 Å². The molecule has 0 spiro atoms. The molecule has 1 saturated carbocycles. The van der Waals surface area contributed by atoms with Crippen molar-refractivity contribution in [3.8, 4) is 0 Å². The van der Waals surface area contributed by atoms with Crippen molar-refractivity contribution in [3.05, 3.63) is 23.4 Å². The molecule has 1 aliphatic rings. The van der Waals surface area contributed by atoms with E-state index in [4.69, 9.17) is 4.74 Å². The zero-order valence-corrected chi connectivity index (χ0v) is 11.9. The number of hydrogen-bond donors (Lipinski definition) is 1.